The SMILES string of the molecule is CCCCc1cc(CCCC)cc(-c2ccc(-c3ccc(-c4ccc(-c5cc(CCCC)cc(CCCC)c5)cc4)cc3)cc2)c1. The highest BCUT2D eigenvalue weighted by atomic mass is 14.1. The number of hydrogen-bond donors (Lipinski definition) is 0. The van der Waals surface area contributed by atoms with E-state index in [2.05, 4.69) is 137 Å². The standard InChI is InChI=1S/C46H54/c1-5-9-13-35-29-36(14-10-6-2)32-45(31-35)43-25-21-41(22-26-43)39-17-19-40(20-18-39)42-23-27-44(28-24-42)46-33-37(15-11-7-3)30-38(34-46)16-12-8-4/h17-34H,5-16H2,1-4H3. The molecule has 0 aromatic heterocycles. The molecule has 5 aromatic rings. The summed E-state index contributed by atoms with van der Waals surface area (Å²) >= 11 is 0. The van der Waals surface area contributed by atoms with Crippen LogP contribution in [0.5, 0.6) is 0 Å². The number of benzene rings is 5. The summed E-state index contributed by atoms with van der Waals surface area (Å²) in [6, 6.07) is 41.9. The average Bonchev–Trinajstić information content (AvgIpc) is 3.11. The third kappa shape index (κ3) is 9.10. The Morgan fingerprint density at radius 3 is 0.652 bits per heavy atom. The summed E-state index contributed by atoms with van der Waals surface area (Å²) in [4.78, 5) is 0. The van der Waals surface area contributed by atoms with Crippen LogP contribution in [0.1, 0.15) is 101 Å². The van der Waals surface area contributed by atoms with Gasteiger partial charge in [-0.3, -0.25) is 0 Å². The van der Waals surface area contributed by atoms with E-state index in [0.717, 1.165) is 0 Å². The summed E-state index contributed by atoms with van der Waals surface area (Å²) in [7, 11) is 0. The zero-order valence-corrected chi connectivity index (χ0v) is 28.9. The second-order valence-electron chi connectivity index (χ2n) is 13.2. The van der Waals surface area contributed by atoms with Crippen LogP contribution >= 0.6 is 0 Å². The van der Waals surface area contributed by atoms with Crippen molar-refractivity contribution in [1.29, 1.82) is 0 Å². The fraction of sp³-hybridized carbons (Fsp3) is 0.348. The minimum atomic E-state index is 1.17. The van der Waals surface area contributed by atoms with Crippen molar-refractivity contribution in [3.05, 3.63) is 131 Å². The van der Waals surface area contributed by atoms with Crippen LogP contribution in [0.4, 0.5) is 0 Å². The lowest BCUT2D eigenvalue weighted by Crippen LogP contribution is -1.93. The van der Waals surface area contributed by atoms with E-state index in [0.29, 0.717) is 0 Å². The molecule has 0 aliphatic heterocycles. The van der Waals surface area contributed by atoms with Crippen LogP contribution in [0.15, 0.2) is 109 Å². The summed E-state index contributed by atoms with van der Waals surface area (Å²) < 4.78 is 0. The van der Waals surface area contributed by atoms with Crippen molar-refractivity contribution in [3.63, 3.8) is 0 Å². The summed E-state index contributed by atoms with van der Waals surface area (Å²) in [5.41, 5.74) is 16.3. The van der Waals surface area contributed by atoms with E-state index in [1.165, 1.54) is 144 Å². The first-order valence-corrected chi connectivity index (χ1v) is 18.2. The fourth-order valence-electron chi connectivity index (χ4n) is 6.52. The summed E-state index contributed by atoms with van der Waals surface area (Å²) in [6.07, 6.45) is 14.6. The normalized spacial score (nSPS) is 11.2. The number of aryl methyl sites for hydroxylation is 4. The van der Waals surface area contributed by atoms with E-state index in [4.69, 9.17) is 0 Å². The Hall–Kier alpha value is -3.90. The third-order valence-corrected chi connectivity index (χ3v) is 9.37. The first-order chi connectivity index (χ1) is 22.6. The number of hydrogen-bond acceptors (Lipinski definition) is 0. The molecule has 0 atom stereocenters. The summed E-state index contributed by atoms with van der Waals surface area (Å²) in [6.45, 7) is 9.12. The fourth-order valence-corrected chi connectivity index (χ4v) is 6.52. The number of rotatable bonds is 16. The number of unbranched alkanes of at least 4 members (excludes halogenated alkanes) is 4. The largest absolute Gasteiger partial charge is 0.0654 e. The Labute approximate surface area is 279 Å². The van der Waals surface area contributed by atoms with Gasteiger partial charge in [-0.05, 0) is 118 Å². The van der Waals surface area contributed by atoms with Gasteiger partial charge in [0.25, 0.3) is 0 Å². The Morgan fingerprint density at radius 2 is 0.457 bits per heavy atom. The van der Waals surface area contributed by atoms with Crippen LogP contribution in [0.25, 0.3) is 44.5 Å². The highest BCUT2D eigenvalue weighted by Gasteiger charge is 2.08. The maximum absolute atomic E-state index is 2.44. The molecule has 5 aromatic carbocycles. The van der Waals surface area contributed by atoms with Crippen molar-refractivity contribution in [3.8, 4) is 44.5 Å². The van der Waals surface area contributed by atoms with Crippen molar-refractivity contribution >= 4 is 0 Å². The molecule has 0 aliphatic carbocycles. The Morgan fingerprint density at radius 1 is 0.261 bits per heavy atom. The van der Waals surface area contributed by atoms with Crippen LogP contribution in [0.3, 0.4) is 0 Å². The lowest BCUT2D eigenvalue weighted by atomic mass is 9.93. The molecule has 238 valence electrons. The monoisotopic (exact) mass is 606 g/mol. The van der Waals surface area contributed by atoms with Gasteiger partial charge in [0.1, 0.15) is 0 Å². The lowest BCUT2D eigenvalue weighted by molar-refractivity contribution is 0.781. The predicted molar refractivity (Wildman–Crippen MR) is 203 cm³/mol. The first kappa shape index (κ1) is 33.5. The Kier molecular flexibility index (Phi) is 12.5. The van der Waals surface area contributed by atoms with Crippen molar-refractivity contribution < 1.29 is 0 Å². The molecule has 0 saturated heterocycles. The Bertz CT molecular complexity index is 1460. The highest BCUT2D eigenvalue weighted by molar-refractivity contribution is 5.75. The van der Waals surface area contributed by atoms with Crippen LogP contribution in [-0.2, 0) is 25.7 Å². The smallest absolute Gasteiger partial charge is 0.0179 e. The zero-order valence-electron chi connectivity index (χ0n) is 28.9. The van der Waals surface area contributed by atoms with E-state index < -0.39 is 0 Å². The van der Waals surface area contributed by atoms with Crippen molar-refractivity contribution in [2.45, 2.75) is 105 Å². The van der Waals surface area contributed by atoms with Crippen LogP contribution in [-0.4, -0.2) is 0 Å². The second kappa shape index (κ2) is 17.1. The van der Waals surface area contributed by atoms with Gasteiger partial charge in [0.2, 0.25) is 0 Å². The average molecular weight is 607 g/mol. The van der Waals surface area contributed by atoms with Gasteiger partial charge in [-0.15, -0.1) is 0 Å². The second-order valence-corrected chi connectivity index (χ2v) is 13.2. The van der Waals surface area contributed by atoms with E-state index in [1.54, 1.807) is 0 Å². The van der Waals surface area contributed by atoms with Gasteiger partial charge in [0, 0.05) is 0 Å². The molecular formula is C46H54. The van der Waals surface area contributed by atoms with Gasteiger partial charge in [0.05, 0.1) is 0 Å². The van der Waals surface area contributed by atoms with E-state index in [9.17, 15) is 0 Å². The van der Waals surface area contributed by atoms with Gasteiger partial charge in [-0.1, -0.05) is 163 Å². The van der Waals surface area contributed by atoms with E-state index in [-0.39, 0.29) is 0 Å². The molecule has 0 heteroatoms. The van der Waals surface area contributed by atoms with Gasteiger partial charge < -0.3 is 0 Å². The molecule has 0 fully saturated rings. The van der Waals surface area contributed by atoms with Crippen molar-refractivity contribution in [1.82, 2.24) is 0 Å². The molecule has 5 rings (SSSR count). The summed E-state index contributed by atoms with van der Waals surface area (Å²) in [5, 5.41) is 0. The minimum absolute atomic E-state index is 1.17. The minimum Gasteiger partial charge on any atom is -0.0654 e. The highest BCUT2D eigenvalue weighted by Crippen LogP contribution is 2.31. The zero-order chi connectivity index (χ0) is 32.1. The molecule has 0 radical (unpaired) electrons. The van der Waals surface area contributed by atoms with Gasteiger partial charge in [-0.25, -0.2) is 0 Å². The van der Waals surface area contributed by atoms with E-state index in [1.807, 2.05) is 0 Å². The Balaban J connectivity index is 1.31. The van der Waals surface area contributed by atoms with Crippen molar-refractivity contribution in [2.24, 2.45) is 0 Å². The molecule has 0 unspecified atom stereocenters. The first-order valence-electron chi connectivity index (χ1n) is 18.2. The molecule has 0 N–H and O–H groups in total. The summed E-state index contributed by atoms with van der Waals surface area (Å²) in [5.74, 6) is 0. The predicted octanol–water partition coefficient (Wildman–Crippen LogP) is 13.7. The van der Waals surface area contributed by atoms with Crippen LogP contribution in [0.2, 0.25) is 0 Å². The van der Waals surface area contributed by atoms with Gasteiger partial charge >= 0.3 is 0 Å². The maximum Gasteiger partial charge on any atom is -0.0179 e. The molecule has 0 spiro atoms. The quantitative estimate of drug-likeness (QED) is 0.105. The van der Waals surface area contributed by atoms with Crippen molar-refractivity contribution in [2.75, 3.05) is 0 Å². The van der Waals surface area contributed by atoms with Crippen LogP contribution < -0.4 is 0 Å². The third-order valence-electron chi connectivity index (χ3n) is 9.37. The molecular weight excluding hydrogens is 553 g/mol. The molecule has 0 bridgehead atoms. The molecule has 0 amide bonds. The van der Waals surface area contributed by atoms with E-state index >= 15 is 0 Å². The topological polar surface area (TPSA) is 0 Å². The molecule has 0 nitrogen and oxygen atoms in total. The van der Waals surface area contributed by atoms with Gasteiger partial charge in [-0.2, -0.15) is 0 Å². The van der Waals surface area contributed by atoms with Gasteiger partial charge in [0.15, 0.2) is 0 Å². The van der Waals surface area contributed by atoms with Crippen LogP contribution in [0, 0.1) is 0 Å². The molecule has 0 aliphatic rings. The molecule has 0 saturated carbocycles. The lowest BCUT2D eigenvalue weighted by Gasteiger charge is -2.12. The maximum atomic E-state index is 2.44. The molecule has 46 heavy (non-hydrogen) atoms. The molecule has 0 heterocycles.